The Morgan fingerprint density at radius 3 is 2.74 bits per heavy atom. The number of nitro groups is 1. The molecule has 0 saturated carbocycles. The summed E-state index contributed by atoms with van der Waals surface area (Å²) in [6.07, 6.45) is 1.54. The van der Waals surface area contributed by atoms with Crippen LogP contribution in [0.1, 0.15) is 18.1 Å². The van der Waals surface area contributed by atoms with E-state index < -0.39 is 10.9 Å². The first-order valence-corrected chi connectivity index (χ1v) is 10.3. The molecular formula is C21H16ClIN2O6. The van der Waals surface area contributed by atoms with Crippen LogP contribution in [0.3, 0.4) is 0 Å². The van der Waals surface area contributed by atoms with Crippen LogP contribution in [0.4, 0.5) is 5.69 Å². The third kappa shape index (κ3) is 5.23. The van der Waals surface area contributed by atoms with Gasteiger partial charge in [0.15, 0.2) is 17.2 Å². The lowest BCUT2D eigenvalue weighted by Crippen LogP contribution is -2.06. The summed E-state index contributed by atoms with van der Waals surface area (Å²) in [5.41, 5.74) is 1.67. The highest BCUT2D eigenvalue weighted by Crippen LogP contribution is 2.35. The van der Waals surface area contributed by atoms with E-state index in [-0.39, 0.29) is 27.9 Å². The zero-order valence-corrected chi connectivity index (χ0v) is 19.4. The van der Waals surface area contributed by atoms with Crippen LogP contribution in [0.5, 0.6) is 11.5 Å². The average molecular weight is 555 g/mol. The van der Waals surface area contributed by atoms with Crippen LogP contribution in [-0.2, 0) is 9.53 Å². The van der Waals surface area contributed by atoms with Crippen LogP contribution in [-0.4, -0.2) is 30.5 Å². The van der Waals surface area contributed by atoms with Crippen molar-refractivity contribution < 1.29 is 23.9 Å². The molecule has 160 valence electrons. The second-order valence-electron chi connectivity index (χ2n) is 6.54. The lowest BCUT2D eigenvalue weighted by Gasteiger charge is -2.13. The van der Waals surface area contributed by atoms with Gasteiger partial charge in [-0.2, -0.15) is 0 Å². The molecular weight excluding hydrogens is 539 g/mol. The number of halogens is 2. The molecule has 1 aliphatic heterocycles. The summed E-state index contributed by atoms with van der Waals surface area (Å²) in [5.74, 6) is 0.373. The van der Waals surface area contributed by atoms with Gasteiger partial charge in [0.2, 0.25) is 5.90 Å². The van der Waals surface area contributed by atoms with E-state index >= 15 is 0 Å². The van der Waals surface area contributed by atoms with Crippen molar-refractivity contribution in [1.82, 2.24) is 0 Å². The predicted molar refractivity (Wildman–Crippen MR) is 125 cm³/mol. The molecule has 0 aromatic heterocycles. The number of non-ortho nitro benzene ring substituents is 1. The largest absolute Gasteiger partial charge is 0.493 e. The summed E-state index contributed by atoms with van der Waals surface area (Å²) in [7, 11) is 1.52. The summed E-state index contributed by atoms with van der Waals surface area (Å²) in [6, 6.07) is 7.34. The van der Waals surface area contributed by atoms with Gasteiger partial charge in [-0.3, -0.25) is 10.1 Å². The summed E-state index contributed by atoms with van der Waals surface area (Å²) in [4.78, 5) is 26.8. The number of cyclic esters (lactones) is 1. The summed E-state index contributed by atoms with van der Waals surface area (Å²) in [5, 5.41) is 10.9. The Labute approximate surface area is 196 Å². The third-order valence-electron chi connectivity index (χ3n) is 4.03. The van der Waals surface area contributed by atoms with E-state index in [1.54, 1.807) is 12.1 Å². The van der Waals surface area contributed by atoms with E-state index in [4.69, 9.17) is 25.8 Å². The van der Waals surface area contributed by atoms with Crippen molar-refractivity contribution in [2.45, 2.75) is 6.92 Å². The number of carbonyl (C=O) groups is 1. The number of esters is 1. The number of benzene rings is 2. The van der Waals surface area contributed by atoms with Gasteiger partial charge in [0.25, 0.3) is 5.69 Å². The van der Waals surface area contributed by atoms with E-state index in [1.165, 1.54) is 25.3 Å². The Morgan fingerprint density at radius 1 is 1.39 bits per heavy atom. The molecule has 0 amide bonds. The van der Waals surface area contributed by atoms with Gasteiger partial charge in [-0.15, -0.1) is 0 Å². The van der Waals surface area contributed by atoms with E-state index in [0.717, 1.165) is 9.14 Å². The van der Waals surface area contributed by atoms with Crippen molar-refractivity contribution in [3.8, 4) is 11.5 Å². The summed E-state index contributed by atoms with van der Waals surface area (Å²) in [6.45, 7) is 6.02. The Hall–Kier alpha value is -2.92. The molecule has 1 aliphatic rings. The van der Waals surface area contributed by atoms with Crippen LogP contribution in [0.2, 0.25) is 5.02 Å². The first kappa shape index (κ1) is 22.8. The van der Waals surface area contributed by atoms with Gasteiger partial charge in [-0.1, -0.05) is 18.2 Å². The maximum absolute atomic E-state index is 12.3. The van der Waals surface area contributed by atoms with Crippen molar-refractivity contribution in [2.24, 2.45) is 4.99 Å². The summed E-state index contributed by atoms with van der Waals surface area (Å²) >= 11 is 8.22. The van der Waals surface area contributed by atoms with Gasteiger partial charge < -0.3 is 14.2 Å². The molecule has 0 fully saturated rings. The standard InChI is InChI=1S/C21H16ClIN2O6/c1-11(2)10-30-19-16(23)6-12(8-18(19)29-3)7-17-21(26)31-20(24-17)14-5-4-13(25(27)28)9-15(14)22/h4-9H,1,10H2,2-3H3/b17-7-. The van der Waals surface area contributed by atoms with Crippen LogP contribution < -0.4 is 9.47 Å². The minimum Gasteiger partial charge on any atom is -0.493 e. The van der Waals surface area contributed by atoms with Gasteiger partial charge >= 0.3 is 5.97 Å². The molecule has 0 bridgehead atoms. The van der Waals surface area contributed by atoms with Crippen molar-refractivity contribution in [3.05, 3.63) is 78.0 Å². The van der Waals surface area contributed by atoms with Crippen LogP contribution >= 0.6 is 34.2 Å². The second kappa shape index (κ2) is 9.48. The number of nitro benzene ring substituents is 1. The molecule has 10 heteroatoms. The zero-order chi connectivity index (χ0) is 22.7. The Bertz CT molecular complexity index is 1160. The molecule has 2 aromatic rings. The Balaban J connectivity index is 1.94. The lowest BCUT2D eigenvalue weighted by atomic mass is 10.1. The quantitative estimate of drug-likeness (QED) is 0.117. The monoisotopic (exact) mass is 554 g/mol. The number of aliphatic imine (C=N–C) groups is 1. The van der Waals surface area contributed by atoms with Gasteiger partial charge in [0.1, 0.15) is 6.61 Å². The van der Waals surface area contributed by atoms with Crippen molar-refractivity contribution in [3.63, 3.8) is 0 Å². The predicted octanol–water partition coefficient (Wildman–Crippen LogP) is 5.16. The van der Waals surface area contributed by atoms with Gasteiger partial charge in [-0.25, -0.2) is 9.79 Å². The zero-order valence-electron chi connectivity index (χ0n) is 16.5. The molecule has 2 aromatic carbocycles. The van der Waals surface area contributed by atoms with E-state index in [1.807, 2.05) is 13.0 Å². The molecule has 0 aliphatic carbocycles. The van der Waals surface area contributed by atoms with Gasteiger partial charge in [-0.05, 0) is 64.9 Å². The highest BCUT2D eigenvalue weighted by Gasteiger charge is 2.27. The maximum Gasteiger partial charge on any atom is 0.363 e. The lowest BCUT2D eigenvalue weighted by molar-refractivity contribution is -0.384. The van der Waals surface area contributed by atoms with Crippen LogP contribution in [0.25, 0.3) is 6.08 Å². The fourth-order valence-electron chi connectivity index (χ4n) is 2.63. The van der Waals surface area contributed by atoms with Crippen LogP contribution in [0, 0.1) is 13.7 Å². The molecule has 8 nitrogen and oxygen atoms in total. The Morgan fingerprint density at radius 2 is 2.13 bits per heavy atom. The molecule has 0 N–H and O–H groups in total. The average Bonchev–Trinajstić information content (AvgIpc) is 3.06. The molecule has 0 saturated heterocycles. The molecule has 0 unspecified atom stereocenters. The first-order valence-electron chi connectivity index (χ1n) is 8.81. The smallest absolute Gasteiger partial charge is 0.363 e. The van der Waals surface area contributed by atoms with Crippen molar-refractivity contribution in [1.29, 1.82) is 0 Å². The number of methoxy groups -OCH3 is 1. The number of nitrogens with zero attached hydrogens (tertiary/aromatic N) is 2. The number of rotatable bonds is 7. The molecule has 0 atom stereocenters. The van der Waals surface area contributed by atoms with E-state index in [0.29, 0.717) is 23.7 Å². The highest BCUT2D eigenvalue weighted by atomic mass is 127. The van der Waals surface area contributed by atoms with E-state index in [9.17, 15) is 14.9 Å². The second-order valence-corrected chi connectivity index (χ2v) is 8.11. The van der Waals surface area contributed by atoms with Gasteiger partial charge in [0, 0.05) is 12.1 Å². The maximum atomic E-state index is 12.3. The molecule has 3 rings (SSSR count). The SMILES string of the molecule is C=C(C)COc1c(I)cc(/C=C2\N=C(c3ccc([N+](=O)[O-])cc3Cl)OC2=O)cc1OC. The number of carbonyl (C=O) groups excluding carboxylic acids is 1. The van der Waals surface area contributed by atoms with Crippen molar-refractivity contribution in [2.75, 3.05) is 13.7 Å². The van der Waals surface area contributed by atoms with E-state index in [2.05, 4.69) is 34.2 Å². The minimum atomic E-state index is -0.666. The topological polar surface area (TPSA) is 100 Å². The minimum absolute atomic E-state index is 0.0285. The normalized spacial score (nSPS) is 14.3. The van der Waals surface area contributed by atoms with Crippen LogP contribution in [0.15, 0.2) is 53.2 Å². The number of ether oxygens (including phenoxy) is 3. The highest BCUT2D eigenvalue weighted by molar-refractivity contribution is 14.1. The molecule has 0 spiro atoms. The first-order chi connectivity index (χ1) is 14.7. The fraction of sp³-hybridized carbons (Fsp3) is 0.143. The third-order valence-corrected chi connectivity index (χ3v) is 5.15. The Kier molecular flexibility index (Phi) is 6.96. The molecule has 31 heavy (non-hydrogen) atoms. The van der Waals surface area contributed by atoms with Gasteiger partial charge in [0.05, 0.1) is 26.2 Å². The number of hydrogen-bond donors (Lipinski definition) is 0. The summed E-state index contributed by atoms with van der Waals surface area (Å²) < 4.78 is 17.1. The van der Waals surface area contributed by atoms with Crippen molar-refractivity contribution >= 4 is 57.8 Å². The number of hydrogen-bond acceptors (Lipinski definition) is 7. The molecule has 1 heterocycles. The molecule has 0 radical (unpaired) electrons. The fourth-order valence-corrected chi connectivity index (χ4v) is 3.67.